The summed E-state index contributed by atoms with van der Waals surface area (Å²) < 4.78 is 5.38. The summed E-state index contributed by atoms with van der Waals surface area (Å²) in [4.78, 5) is 34.2. The summed E-state index contributed by atoms with van der Waals surface area (Å²) in [6, 6.07) is 6.70. The van der Waals surface area contributed by atoms with Gasteiger partial charge >= 0.3 is 5.97 Å². The van der Waals surface area contributed by atoms with E-state index in [1.165, 1.54) is 0 Å². The summed E-state index contributed by atoms with van der Waals surface area (Å²) in [7, 11) is 1.63. The van der Waals surface area contributed by atoms with E-state index in [0.29, 0.717) is 42.7 Å². The van der Waals surface area contributed by atoms with Crippen LogP contribution < -0.4 is 15.0 Å². The first-order chi connectivity index (χ1) is 13.0. The van der Waals surface area contributed by atoms with Crippen molar-refractivity contribution in [2.75, 3.05) is 31.6 Å². The number of carbonyl (C=O) groups excluding carboxylic acids is 1. The Bertz CT molecular complexity index is 855. The van der Waals surface area contributed by atoms with E-state index in [1.807, 2.05) is 4.90 Å². The van der Waals surface area contributed by atoms with E-state index in [-0.39, 0.29) is 17.4 Å². The maximum Gasteiger partial charge on any atom is 0.339 e. The van der Waals surface area contributed by atoms with Crippen molar-refractivity contribution in [1.82, 2.24) is 15.3 Å². The molecule has 0 saturated carbocycles. The number of aromatic carboxylic acids is 1. The van der Waals surface area contributed by atoms with Gasteiger partial charge in [0, 0.05) is 31.9 Å². The zero-order valence-electron chi connectivity index (χ0n) is 15.3. The lowest BCUT2D eigenvalue weighted by Crippen LogP contribution is -2.30. The van der Waals surface area contributed by atoms with E-state index in [4.69, 9.17) is 4.74 Å². The molecular formula is C19H22N4O4. The van der Waals surface area contributed by atoms with E-state index in [2.05, 4.69) is 15.3 Å². The molecule has 1 aliphatic heterocycles. The molecule has 0 spiro atoms. The van der Waals surface area contributed by atoms with Crippen LogP contribution in [-0.4, -0.2) is 53.7 Å². The number of carbonyl (C=O) groups is 2. The number of hydrogen-bond acceptors (Lipinski definition) is 6. The molecule has 1 fully saturated rings. The van der Waals surface area contributed by atoms with E-state index in [0.717, 1.165) is 6.42 Å². The molecule has 2 heterocycles. The van der Waals surface area contributed by atoms with E-state index >= 15 is 0 Å². The number of nitrogens with one attached hydrogen (secondary N) is 1. The predicted molar refractivity (Wildman–Crippen MR) is 100.0 cm³/mol. The van der Waals surface area contributed by atoms with Crippen molar-refractivity contribution in [2.24, 2.45) is 5.92 Å². The van der Waals surface area contributed by atoms with Crippen LogP contribution in [0.15, 0.2) is 30.5 Å². The molecule has 8 nitrogen and oxygen atoms in total. The quantitative estimate of drug-likeness (QED) is 0.799. The van der Waals surface area contributed by atoms with Crippen molar-refractivity contribution < 1.29 is 19.4 Å². The number of rotatable bonds is 6. The average molecular weight is 370 g/mol. The summed E-state index contributed by atoms with van der Waals surface area (Å²) in [5.74, 6) is -0.249. The van der Waals surface area contributed by atoms with Gasteiger partial charge in [-0.05, 0) is 37.6 Å². The minimum atomic E-state index is -1.05. The van der Waals surface area contributed by atoms with Gasteiger partial charge in [0.05, 0.1) is 18.2 Å². The van der Waals surface area contributed by atoms with E-state index < -0.39 is 5.97 Å². The molecule has 2 N–H and O–H groups in total. The van der Waals surface area contributed by atoms with Gasteiger partial charge in [0.25, 0.3) is 0 Å². The van der Waals surface area contributed by atoms with Crippen molar-refractivity contribution in [1.29, 1.82) is 0 Å². The molecule has 1 aromatic heterocycles. The number of carboxylic acids is 1. The Hall–Kier alpha value is -3.16. The van der Waals surface area contributed by atoms with Gasteiger partial charge in [0.1, 0.15) is 11.3 Å². The molecule has 1 aromatic carbocycles. The smallest absolute Gasteiger partial charge is 0.339 e. The molecule has 0 aliphatic carbocycles. The van der Waals surface area contributed by atoms with Gasteiger partial charge < -0.3 is 20.1 Å². The van der Waals surface area contributed by atoms with Crippen LogP contribution in [0.5, 0.6) is 5.75 Å². The Morgan fingerprint density at radius 3 is 2.89 bits per heavy atom. The van der Waals surface area contributed by atoms with Gasteiger partial charge in [-0.25, -0.2) is 14.8 Å². The highest BCUT2D eigenvalue weighted by Gasteiger charge is 2.29. The Morgan fingerprint density at radius 2 is 2.19 bits per heavy atom. The zero-order valence-corrected chi connectivity index (χ0v) is 15.3. The third-order valence-corrected chi connectivity index (χ3v) is 4.54. The van der Waals surface area contributed by atoms with Crippen molar-refractivity contribution in [3.8, 4) is 17.0 Å². The number of aromatic nitrogens is 2. The van der Waals surface area contributed by atoms with Crippen LogP contribution in [0.3, 0.4) is 0 Å². The molecule has 3 rings (SSSR count). The molecule has 1 amide bonds. The van der Waals surface area contributed by atoms with E-state index in [9.17, 15) is 14.7 Å². The maximum absolute atomic E-state index is 11.8. The van der Waals surface area contributed by atoms with E-state index in [1.54, 1.807) is 44.4 Å². The molecule has 0 radical (unpaired) electrons. The molecule has 8 heteroatoms. The number of benzene rings is 1. The average Bonchev–Trinajstić information content (AvgIpc) is 3.18. The predicted octanol–water partition coefficient (Wildman–Crippen LogP) is 1.81. The van der Waals surface area contributed by atoms with Gasteiger partial charge in [-0.2, -0.15) is 0 Å². The van der Waals surface area contributed by atoms with Crippen molar-refractivity contribution >= 4 is 17.8 Å². The highest BCUT2D eigenvalue weighted by molar-refractivity contribution is 5.92. The summed E-state index contributed by atoms with van der Waals surface area (Å²) >= 11 is 0. The Balaban J connectivity index is 1.87. The molecule has 142 valence electrons. The van der Waals surface area contributed by atoms with Crippen LogP contribution >= 0.6 is 0 Å². The normalized spacial score (nSPS) is 16.2. The Kier molecular flexibility index (Phi) is 5.54. The second-order valence-corrected chi connectivity index (χ2v) is 6.24. The van der Waals surface area contributed by atoms with Crippen molar-refractivity contribution in [3.63, 3.8) is 0 Å². The highest BCUT2D eigenvalue weighted by Crippen LogP contribution is 2.28. The number of nitrogens with zero attached hydrogens (tertiary/aromatic N) is 3. The zero-order chi connectivity index (χ0) is 19.4. The van der Waals surface area contributed by atoms with Gasteiger partial charge in [0.15, 0.2) is 0 Å². The van der Waals surface area contributed by atoms with Gasteiger partial charge in [-0.1, -0.05) is 0 Å². The fraction of sp³-hybridized carbons (Fsp3) is 0.368. The second-order valence-electron chi connectivity index (χ2n) is 6.24. The lowest BCUT2D eigenvalue weighted by atomic mass is 10.1. The second kappa shape index (κ2) is 8.03. The Morgan fingerprint density at radius 1 is 1.37 bits per heavy atom. The molecule has 2 aromatic rings. The number of anilines is 1. The molecule has 1 atom stereocenters. The number of amides is 1. The summed E-state index contributed by atoms with van der Waals surface area (Å²) in [6.45, 7) is 3.45. The molecule has 0 bridgehead atoms. The molecule has 1 saturated heterocycles. The van der Waals surface area contributed by atoms with Crippen LogP contribution in [0.1, 0.15) is 23.7 Å². The molecule has 1 unspecified atom stereocenters. The largest absolute Gasteiger partial charge is 0.493 e. The molecule has 27 heavy (non-hydrogen) atoms. The van der Waals surface area contributed by atoms with Crippen LogP contribution in [0, 0.1) is 5.92 Å². The first kappa shape index (κ1) is 18.6. The van der Waals surface area contributed by atoms with Crippen molar-refractivity contribution in [3.05, 3.63) is 36.0 Å². The number of hydrogen-bond donors (Lipinski definition) is 2. The van der Waals surface area contributed by atoms with Crippen LogP contribution in [-0.2, 0) is 4.79 Å². The third kappa shape index (κ3) is 3.99. The highest BCUT2D eigenvalue weighted by atomic mass is 16.5. The first-order valence-electron chi connectivity index (χ1n) is 8.83. The van der Waals surface area contributed by atoms with Gasteiger partial charge in [-0.15, -0.1) is 0 Å². The fourth-order valence-electron chi connectivity index (χ4n) is 3.16. The standard InChI is InChI=1S/C19H22N4O4/c1-3-27-16-5-4-12(10-14(16)18(25)26)15-6-8-21-19(22-15)23-9-7-13(11-23)17(24)20-2/h4-6,8,10,13H,3,7,9,11H2,1-2H3,(H,20,24)(H,25,26). The minimum Gasteiger partial charge on any atom is -0.493 e. The molecular weight excluding hydrogens is 348 g/mol. The SMILES string of the molecule is CCOc1ccc(-c2ccnc(N3CCC(C(=O)NC)C3)n2)cc1C(=O)O. The lowest BCUT2D eigenvalue weighted by molar-refractivity contribution is -0.123. The van der Waals surface area contributed by atoms with Crippen LogP contribution in [0.2, 0.25) is 0 Å². The first-order valence-corrected chi connectivity index (χ1v) is 8.83. The number of ether oxygens (including phenoxy) is 1. The molecule has 1 aliphatic rings. The van der Waals surface area contributed by atoms with Gasteiger partial charge in [-0.3, -0.25) is 4.79 Å². The maximum atomic E-state index is 11.8. The summed E-state index contributed by atoms with van der Waals surface area (Å²) in [5, 5.41) is 12.1. The minimum absolute atomic E-state index is 0.0197. The topological polar surface area (TPSA) is 105 Å². The summed E-state index contributed by atoms with van der Waals surface area (Å²) in [6.07, 6.45) is 2.39. The Labute approximate surface area is 157 Å². The van der Waals surface area contributed by atoms with Crippen molar-refractivity contribution in [2.45, 2.75) is 13.3 Å². The van der Waals surface area contributed by atoms with Crippen LogP contribution in [0.25, 0.3) is 11.3 Å². The fourth-order valence-corrected chi connectivity index (χ4v) is 3.16. The van der Waals surface area contributed by atoms with Gasteiger partial charge in [0.2, 0.25) is 11.9 Å². The van der Waals surface area contributed by atoms with Crippen LogP contribution in [0.4, 0.5) is 5.95 Å². The lowest BCUT2D eigenvalue weighted by Gasteiger charge is -2.17. The summed E-state index contributed by atoms with van der Waals surface area (Å²) in [5.41, 5.74) is 1.38. The monoisotopic (exact) mass is 370 g/mol. The number of carboxylic acid groups (broad SMARTS) is 1. The third-order valence-electron chi connectivity index (χ3n) is 4.54.